The Morgan fingerprint density at radius 3 is 3.20 bits per heavy atom. The van der Waals surface area contributed by atoms with Crippen LogP contribution in [0.2, 0.25) is 0 Å². The van der Waals surface area contributed by atoms with E-state index >= 15 is 0 Å². The SMILES string of the molecule is Cc1ncccc1CN1CCC[C@@H]1CO. The van der Waals surface area contributed by atoms with E-state index in [1.165, 1.54) is 12.0 Å². The fourth-order valence-electron chi connectivity index (χ4n) is 2.21. The number of rotatable bonds is 3. The molecule has 0 aliphatic carbocycles. The molecule has 1 aromatic rings. The van der Waals surface area contributed by atoms with Gasteiger partial charge in [0, 0.05) is 24.5 Å². The zero-order chi connectivity index (χ0) is 10.7. The van der Waals surface area contributed by atoms with E-state index in [1.807, 2.05) is 19.2 Å². The van der Waals surface area contributed by atoms with Crippen LogP contribution in [-0.2, 0) is 6.54 Å². The molecule has 0 radical (unpaired) electrons. The quantitative estimate of drug-likeness (QED) is 0.811. The van der Waals surface area contributed by atoms with Crippen molar-refractivity contribution < 1.29 is 5.11 Å². The average molecular weight is 206 g/mol. The lowest BCUT2D eigenvalue weighted by Gasteiger charge is -2.23. The Kier molecular flexibility index (Phi) is 3.34. The van der Waals surface area contributed by atoms with Gasteiger partial charge in [-0.05, 0) is 37.9 Å². The van der Waals surface area contributed by atoms with Crippen LogP contribution in [0.3, 0.4) is 0 Å². The van der Waals surface area contributed by atoms with Crippen molar-refractivity contribution in [1.29, 1.82) is 0 Å². The number of aromatic nitrogens is 1. The van der Waals surface area contributed by atoms with Gasteiger partial charge in [0.05, 0.1) is 6.61 Å². The number of hydrogen-bond donors (Lipinski definition) is 1. The summed E-state index contributed by atoms with van der Waals surface area (Å²) >= 11 is 0. The summed E-state index contributed by atoms with van der Waals surface area (Å²) in [7, 11) is 0. The number of likely N-dealkylation sites (tertiary alicyclic amines) is 1. The fourth-order valence-corrected chi connectivity index (χ4v) is 2.21. The van der Waals surface area contributed by atoms with Crippen LogP contribution in [-0.4, -0.2) is 34.2 Å². The second kappa shape index (κ2) is 4.73. The molecule has 0 aromatic carbocycles. The van der Waals surface area contributed by atoms with E-state index in [0.29, 0.717) is 6.04 Å². The third-order valence-electron chi connectivity index (χ3n) is 3.20. The largest absolute Gasteiger partial charge is 0.395 e. The first-order valence-electron chi connectivity index (χ1n) is 5.56. The Morgan fingerprint density at radius 1 is 1.60 bits per heavy atom. The number of aryl methyl sites for hydroxylation is 1. The van der Waals surface area contributed by atoms with Crippen molar-refractivity contribution in [3.05, 3.63) is 29.6 Å². The highest BCUT2D eigenvalue weighted by Gasteiger charge is 2.23. The van der Waals surface area contributed by atoms with Gasteiger partial charge < -0.3 is 5.11 Å². The van der Waals surface area contributed by atoms with Gasteiger partial charge in [-0.15, -0.1) is 0 Å². The lowest BCUT2D eigenvalue weighted by atomic mass is 10.2. The minimum Gasteiger partial charge on any atom is -0.395 e. The maximum atomic E-state index is 9.23. The topological polar surface area (TPSA) is 36.4 Å². The molecule has 15 heavy (non-hydrogen) atoms. The fraction of sp³-hybridized carbons (Fsp3) is 0.583. The lowest BCUT2D eigenvalue weighted by Crippen LogP contribution is -2.31. The molecule has 0 amide bonds. The van der Waals surface area contributed by atoms with Crippen LogP contribution >= 0.6 is 0 Å². The molecule has 1 saturated heterocycles. The van der Waals surface area contributed by atoms with Crippen molar-refractivity contribution in [2.75, 3.05) is 13.2 Å². The van der Waals surface area contributed by atoms with Crippen LogP contribution in [0.25, 0.3) is 0 Å². The lowest BCUT2D eigenvalue weighted by molar-refractivity contribution is 0.153. The molecule has 1 N–H and O–H groups in total. The Bertz CT molecular complexity index is 327. The van der Waals surface area contributed by atoms with E-state index in [9.17, 15) is 5.11 Å². The Labute approximate surface area is 90.8 Å². The highest BCUT2D eigenvalue weighted by Crippen LogP contribution is 2.20. The van der Waals surface area contributed by atoms with Crippen LogP contribution in [0.1, 0.15) is 24.1 Å². The zero-order valence-corrected chi connectivity index (χ0v) is 9.19. The third-order valence-corrected chi connectivity index (χ3v) is 3.20. The van der Waals surface area contributed by atoms with E-state index in [0.717, 1.165) is 25.2 Å². The van der Waals surface area contributed by atoms with Crippen molar-refractivity contribution in [3.8, 4) is 0 Å². The maximum absolute atomic E-state index is 9.23. The predicted octanol–water partition coefficient (Wildman–Crippen LogP) is 1.35. The van der Waals surface area contributed by atoms with E-state index in [1.54, 1.807) is 0 Å². The zero-order valence-electron chi connectivity index (χ0n) is 9.19. The number of aliphatic hydroxyl groups excluding tert-OH is 1. The van der Waals surface area contributed by atoms with Gasteiger partial charge in [-0.25, -0.2) is 0 Å². The highest BCUT2D eigenvalue weighted by molar-refractivity contribution is 5.18. The number of hydrogen-bond acceptors (Lipinski definition) is 3. The third kappa shape index (κ3) is 2.36. The molecule has 2 heterocycles. The van der Waals surface area contributed by atoms with Crippen LogP contribution < -0.4 is 0 Å². The number of pyridine rings is 1. The first-order chi connectivity index (χ1) is 7.31. The summed E-state index contributed by atoms with van der Waals surface area (Å²) in [6.07, 6.45) is 4.15. The van der Waals surface area contributed by atoms with Gasteiger partial charge in [0.15, 0.2) is 0 Å². The van der Waals surface area contributed by atoms with Crippen LogP contribution in [0.15, 0.2) is 18.3 Å². The van der Waals surface area contributed by atoms with Gasteiger partial charge in [0.25, 0.3) is 0 Å². The monoisotopic (exact) mass is 206 g/mol. The van der Waals surface area contributed by atoms with E-state index in [-0.39, 0.29) is 6.61 Å². The molecule has 1 atom stereocenters. The summed E-state index contributed by atoms with van der Waals surface area (Å²) in [5, 5.41) is 9.23. The molecule has 82 valence electrons. The van der Waals surface area contributed by atoms with Crippen molar-refractivity contribution in [3.63, 3.8) is 0 Å². The molecule has 1 fully saturated rings. The van der Waals surface area contributed by atoms with Gasteiger partial charge in [0.1, 0.15) is 0 Å². The highest BCUT2D eigenvalue weighted by atomic mass is 16.3. The van der Waals surface area contributed by atoms with Gasteiger partial charge >= 0.3 is 0 Å². The van der Waals surface area contributed by atoms with Crippen molar-refractivity contribution in [2.45, 2.75) is 32.4 Å². The molecule has 1 aliphatic heterocycles. The molecule has 3 nitrogen and oxygen atoms in total. The molecule has 3 heteroatoms. The van der Waals surface area contributed by atoms with Gasteiger partial charge in [-0.2, -0.15) is 0 Å². The summed E-state index contributed by atoms with van der Waals surface area (Å²) in [6, 6.07) is 4.45. The van der Waals surface area contributed by atoms with Crippen molar-refractivity contribution in [1.82, 2.24) is 9.88 Å². The van der Waals surface area contributed by atoms with E-state index in [4.69, 9.17) is 0 Å². The first-order valence-corrected chi connectivity index (χ1v) is 5.56. The Balaban J connectivity index is 2.05. The summed E-state index contributed by atoms with van der Waals surface area (Å²) in [6.45, 7) is 4.34. The molecule has 1 aromatic heterocycles. The maximum Gasteiger partial charge on any atom is 0.0587 e. The Hall–Kier alpha value is -0.930. The Morgan fingerprint density at radius 2 is 2.47 bits per heavy atom. The van der Waals surface area contributed by atoms with Crippen molar-refractivity contribution in [2.24, 2.45) is 0 Å². The molecule has 2 rings (SSSR count). The van der Waals surface area contributed by atoms with Crippen LogP contribution in [0, 0.1) is 6.92 Å². The second-order valence-electron chi connectivity index (χ2n) is 4.20. The minimum absolute atomic E-state index is 0.277. The molecular weight excluding hydrogens is 188 g/mol. The smallest absolute Gasteiger partial charge is 0.0587 e. The predicted molar refractivity (Wildman–Crippen MR) is 59.5 cm³/mol. The average Bonchev–Trinajstić information content (AvgIpc) is 2.69. The van der Waals surface area contributed by atoms with Crippen molar-refractivity contribution >= 4 is 0 Å². The normalized spacial score (nSPS) is 22.1. The van der Waals surface area contributed by atoms with Gasteiger partial charge in [-0.3, -0.25) is 9.88 Å². The molecular formula is C12H18N2O. The van der Waals surface area contributed by atoms with Crippen LogP contribution in [0.4, 0.5) is 0 Å². The number of nitrogens with zero attached hydrogens (tertiary/aromatic N) is 2. The van der Waals surface area contributed by atoms with E-state index < -0.39 is 0 Å². The summed E-state index contributed by atoms with van der Waals surface area (Å²) in [5.74, 6) is 0. The van der Waals surface area contributed by atoms with Crippen LogP contribution in [0.5, 0.6) is 0 Å². The molecule has 0 saturated carbocycles. The van der Waals surface area contributed by atoms with E-state index in [2.05, 4.69) is 16.0 Å². The summed E-state index contributed by atoms with van der Waals surface area (Å²) < 4.78 is 0. The number of aliphatic hydroxyl groups is 1. The minimum atomic E-state index is 0.277. The first kappa shape index (κ1) is 10.6. The second-order valence-corrected chi connectivity index (χ2v) is 4.20. The summed E-state index contributed by atoms with van der Waals surface area (Å²) in [4.78, 5) is 6.63. The summed E-state index contributed by atoms with van der Waals surface area (Å²) in [5.41, 5.74) is 2.37. The van der Waals surface area contributed by atoms with Gasteiger partial charge in [0.2, 0.25) is 0 Å². The molecule has 1 aliphatic rings. The standard InChI is InChI=1S/C12H18N2O/c1-10-11(4-2-6-13-10)8-14-7-3-5-12(14)9-15/h2,4,6,12,15H,3,5,7-9H2,1H3/t12-/m1/s1. The molecule has 0 bridgehead atoms. The molecule has 0 unspecified atom stereocenters. The van der Waals surface area contributed by atoms with Gasteiger partial charge in [-0.1, -0.05) is 6.07 Å². The molecule has 0 spiro atoms.